The van der Waals surface area contributed by atoms with Gasteiger partial charge in [-0.25, -0.2) is 17.5 Å². The fraction of sp³-hybridized carbons (Fsp3) is 0.517. The van der Waals surface area contributed by atoms with Crippen molar-refractivity contribution < 1.29 is 41.0 Å². The molecule has 0 aliphatic carbocycles. The smallest absolute Gasteiger partial charge is 0.475 e. The number of alkyl halides is 3. The number of aromatic nitrogens is 1. The highest BCUT2D eigenvalue weighted by molar-refractivity contribution is 7.89. The highest BCUT2D eigenvalue weighted by Gasteiger charge is 2.38. The Labute approximate surface area is 258 Å². The lowest BCUT2D eigenvalue weighted by atomic mass is 9.88. The van der Waals surface area contributed by atoms with Crippen molar-refractivity contribution in [1.82, 2.24) is 14.2 Å². The Morgan fingerprint density at radius 1 is 1.14 bits per heavy atom. The Morgan fingerprint density at radius 2 is 1.82 bits per heavy atom. The number of likely N-dealkylation sites (tertiary alicyclic amines) is 1. The number of fused-ring (bicyclic) bond motifs is 1. The van der Waals surface area contributed by atoms with E-state index < -0.39 is 28.1 Å². The van der Waals surface area contributed by atoms with E-state index in [9.17, 15) is 26.4 Å². The number of amides is 1. The average Bonchev–Trinajstić information content (AvgIpc) is 3.73. The number of piperidine rings is 1. The summed E-state index contributed by atoms with van der Waals surface area (Å²) in [5.41, 5.74) is 10.2. The third-order valence-corrected chi connectivity index (χ3v) is 11.0. The maximum atomic E-state index is 12.4. The average molecular weight is 659 g/mol. The number of nitrogens with two attached hydrogens (primary N) is 1. The molecule has 2 aromatic heterocycles. The number of thiophene rings is 1. The fourth-order valence-electron chi connectivity index (χ4n) is 5.88. The quantitative estimate of drug-likeness (QED) is 0.300. The van der Waals surface area contributed by atoms with Crippen molar-refractivity contribution in [3.8, 4) is 11.1 Å². The lowest BCUT2D eigenvalue weighted by Gasteiger charge is -2.31. The lowest BCUT2D eigenvalue weighted by molar-refractivity contribution is -0.192. The molecule has 4 heterocycles. The molecule has 2 saturated heterocycles. The summed E-state index contributed by atoms with van der Waals surface area (Å²) in [6.45, 7) is 5.47. The van der Waals surface area contributed by atoms with Crippen molar-refractivity contribution in [1.29, 1.82) is 0 Å². The van der Waals surface area contributed by atoms with Crippen molar-refractivity contribution in [2.45, 2.75) is 57.3 Å². The van der Waals surface area contributed by atoms with Crippen LogP contribution >= 0.6 is 11.3 Å². The van der Waals surface area contributed by atoms with Crippen LogP contribution in [0.15, 0.2) is 29.8 Å². The van der Waals surface area contributed by atoms with Crippen LogP contribution in [0.5, 0.6) is 0 Å². The van der Waals surface area contributed by atoms with E-state index in [1.165, 1.54) is 17.7 Å². The lowest BCUT2D eigenvalue weighted by Crippen LogP contribution is -2.38. The number of carbonyl (C=O) groups excluding carboxylic acids is 1. The van der Waals surface area contributed by atoms with Crippen LogP contribution in [-0.2, 0) is 26.1 Å². The second kappa shape index (κ2) is 14.0. The Morgan fingerprint density at radius 3 is 2.41 bits per heavy atom. The zero-order valence-electron chi connectivity index (χ0n) is 24.5. The molecule has 5 rings (SSSR count). The minimum Gasteiger partial charge on any atom is -0.475 e. The summed E-state index contributed by atoms with van der Waals surface area (Å²) >= 11 is 1.74. The number of nitrogens with zero attached hydrogens (tertiary/aromatic N) is 2. The van der Waals surface area contributed by atoms with Gasteiger partial charge in [-0.15, -0.1) is 11.3 Å². The van der Waals surface area contributed by atoms with Crippen molar-refractivity contribution >= 4 is 44.1 Å². The van der Waals surface area contributed by atoms with E-state index in [0.29, 0.717) is 24.7 Å². The SMILES string of the molecule is CCS(=O)(=O)N1CCC(c2c[nH]c3c(C(N)=O)cc(-c4csc(CN5CCCC5COC)c4)cc23)CC1.O=C(O)C(F)(F)F. The Kier molecular flexibility index (Phi) is 10.8. The number of hydrogen-bond donors (Lipinski definition) is 3. The first kappa shape index (κ1) is 33.9. The summed E-state index contributed by atoms with van der Waals surface area (Å²) < 4.78 is 63.4. The molecule has 2 aliphatic rings. The third-order valence-electron chi connectivity index (χ3n) is 8.19. The number of benzene rings is 1. The largest absolute Gasteiger partial charge is 0.490 e. The molecular formula is C29H37F3N4O6S2. The van der Waals surface area contributed by atoms with Gasteiger partial charge in [0.2, 0.25) is 10.0 Å². The second-order valence-corrected chi connectivity index (χ2v) is 14.2. The first-order valence-corrected chi connectivity index (χ1v) is 16.8. The molecule has 1 atom stereocenters. The summed E-state index contributed by atoms with van der Waals surface area (Å²) in [5, 5.41) is 10.3. The number of sulfonamides is 1. The number of methoxy groups -OCH3 is 1. The number of halogens is 3. The van der Waals surface area contributed by atoms with Gasteiger partial charge in [0, 0.05) is 49.2 Å². The number of carboxylic acids is 1. The maximum Gasteiger partial charge on any atom is 0.490 e. The van der Waals surface area contributed by atoms with Gasteiger partial charge in [0.1, 0.15) is 0 Å². The molecule has 4 N–H and O–H groups in total. The molecule has 10 nitrogen and oxygen atoms in total. The summed E-state index contributed by atoms with van der Waals surface area (Å²) in [7, 11) is -1.41. The van der Waals surface area contributed by atoms with Gasteiger partial charge < -0.3 is 20.6 Å². The molecular weight excluding hydrogens is 621 g/mol. The normalized spacial score (nSPS) is 18.8. The topological polar surface area (TPSA) is 146 Å². The molecule has 3 aromatic rings. The number of rotatable bonds is 9. The van der Waals surface area contributed by atoms with Gasteiger partial charge in [-0.2, -0.15) is 13.2 Å². The van der Waals surface area contributed by atoms with E-state index >= 15 is 0 Å². The van der Waals surface area contributed by atoms with Gasteiger partial charge in [0.15, 0.2) is 0 Å². The van der Waals surface area contributed by atoms with Crippen LogP contribution < -0.4 is 5.73 Å². The number of nitrogens with one attached hydrogen (secondary N) is 1. The van der Waals surface area contributed by atoms with Gasteiger partial charge in [-0.3, -0.25) is 9.69 Å². The van der Waals surface area contributed by atoms with E-state index in [1.54, 1.807) is 29.7 Å². The van der Waals surface area contributed by atoms with Gasteiger partial charge in [-0.05, 0) is 85.3 Å². The predicted octanol–water partition coefficient (Wildman–Crippen LogP) is 4.77. The Bertz CT molecular complexity index is 1580. The summed E-state index contributed by atoms with van der Waals surface area (Å²) in [5.74, 6) is -2.87. The zero-order valence-corrected chi connectivity index (χ0v) is 26.2. The molecule has 15 heteroatoms. The highest BCUT2D eigenvalue weighted by atomic mass is 32.2. The fourth-order valence-corrected chi connectivity index (χ4v) is 7.93. The molecule has 0 saturated carbocycles. The minimum absolute atomic E-state index is 0.128. The van der Waals surface area contributed by atoms with E-state index in [2.05, 4.69) is 27.4 Å². The van der Waals surface area contributed by atoms with Crippen LogP contribution in [0.1, 0.15) is 59.3 Å². The van der Waals surface area contributed by atoms with Crippen LogP contribution in [0.25, 0.3) is 22.0 Å². The molecule has 1 amide bonds. The molecule has 2 aliphatic heterocycles. The monoisotopic (exact) mass is 658 g/mol. The van der Waals surface area contributed by atoms with Crippen molar-refractivity contribution in [2.24, 2.45) is 5.73 Å². The van der Waals surface area contributed by atoms with Crippen LogP contribution in [0.2, 0.25) is 0 Å². The molecule has 2 fully saturated rings. The number of hydrogen-bond acceptors (Lipinski definition) is 7. The van der Waals surface area contributed by atoms with E-state index in [0.717, 1.165) is 60.1 Å². The van der Waals surface area contributed by atoms with Crippen LogP contribution in [0.4, 0.5) is 13.2 Å². The van der Waals surface area contributed by atoms with Crippen molar-refractivity contribution in [3.63, 3.8) is 0 Å². The molecule has 0 radical (unpaired) electrons. The molecule has 1 aromatic carbocycles. The van der Waals surface area contributed by atoms with Gasteiger partial charge in [0.25, 0.3) is 5.91 Å². The van der Waals surface area contributed by atoms with Gasteiger partial charge in [0.05, 0.1) is 23.4 Å². The van der Waals surface area contributed by atoms with E-state index in [-0.39, 0.29) is 11.7 Å². The standard InChI is InChI=1S/C27H36N4O4S2.C2HF3O2/c1-3-37(33,34)31-9-6-18(7-10-31)25-14-29-26-23(25)12-19(13-24(26)27(28)32)20-11-22(36-17-20)15-30-8-4-5-21(30)16-35-2;3-2(4,5)1(6)7/h11-14,17-18,21,29H,3-10,15-16H2,1-2H3,(H2,28,32);(H,6,7). The zero-order chi connectivity index (χ0) is 32.2. The second-order valence-electron chi connectivity index (χ2n) is 11.0. The van der Waals surface area contributed by atoms with Gasteiger partial charge >= 0.3 is 12.1 Å². The van der Waals surface area contributed by atoms with E-state index in [1.807, 2.05) is 12.3 Å². The number of aliphatic carboxylic acids is 1. The minimum atomic E-state index is -5.08. The maximum absolute atomic E-state index is 12.4. The van der Waals surface area contributed by atoms with Crippen LogP contribution in [0, 0.1) is 0 Å². The molecule has 0 bridgehead atoms. The molecule has 242 valence electrons. The first-order chi connectivity index (χ1) is 20.7. The highest BCUT2D eigenvalue weighted by Crippen LogP contribution is 2.38. The first-order valence-electron chi connectivity index (χ1n) is 14.3. The van der Waals surface area contributed by atoms with Crippen LogP contribution in [-0.4, -0.2) is 90.9 Å². The molecule has 0 spiro atoms. The number of carbonyl (C=O) groups is 2. The van der Waals surface area contributed by atoms with Gasteiger partial charge in [-0.1, -0.05) is 0 Å². The molecule has 1 unspecified atom stereocenters. The number of aromatic amines is 1. The predicted molar refractivity (Wildman–Crippen MR) is 162 cm³/mol. The Balaban J connectivity index is 0.000000566. The summed E-state index contributed by atoms with van der Waals surface area (Å²) in [6, 6.07) is 6.73. The third kappa shape index (κ3) is 7.80. The van der Waals surface area contributed by atoms with Crippen molar-refractivity contribution in [3.05, 3.63) is 45.8 Å². The summed E-state index contributed by atoms with van der Waals surface area (Å²) in [4.78, 5) is 28.4. The number of ether oxygens (including phenoxy) is 1. The number of carboxylic acid groups (broad SMARTS) is 1. The van der Waals surface area contributed by atoms with Crippen LogP contribution in [0.3, 0.4) is 0 Å². The van der Waals surface area contributed by atoms with E-state index in [4.69, 9.17) is 20.4 Å². The number of H-pyrrole nitrogens is 1. The summed E-state index contributed by atoms with van der Waals surface area (Å²) in [6.07, 6.45) is 0.763. The number of primary amides is 1. The van der Waals surface area contributed by atoms with Crippen molar-refractivity contribution in [2.75, 3.05) is 39.1 Å². The molecule has 44 heavy (non-hydrogen) atoms. The Hall–Kier alpha value is -2.98.